The Labute approximate surface area is 115 Å². The molecule has 2 rings (SSSR count). The minimum absolute atomic E-state index is 0.323. The predicted octanol–water partition coefficient (Wildman–Crippen LogP) is 4.97. The van der Waals surface area contributed by atoms with Crippen LogP contribution in [0.4, 0.5) is 0 Å². The third-order valence-corrected chi connectivity index (χ3v) is 3.48. The first-order chi connectivity index (χ1) is 9.31. The largest absolute Gasteiger partial charge is 0.388 e. The van der Waals surface area contributed by atoms with E-state index in [4.69, 9.17) is 0 Å². The van der Waals surface area contributed by atoms with Crippen molar-refractivity contribution in [2.24, 2.45) is 0 Å². The van der Waals surface area contributed by atoms with Crippen molar-refractivity contribution in [1.82, 2.24) is 0 Å². The summed E-state index contributed by atoms with van der Waals surface area (Å²) in [6.07, 6.45) is 4.02. The van der Waals surface area contributed by atoms with Crippen LogP contribution in [0.25, 0.3) is 11.1 Å². The van der Waals surface area contributed by atoms with Crippen LogP contribution in [0.5, 0.6) is 0 Å². The van der Waals surface area contributed by atoms with Crippen molar-refractivity contribution in [1.29, 1.82) is 0 Å². The van der Waals surface area contributed by atoms with E-state index < -0.39 is 0 Å². The van der Waals surface area contributed by atoms with Crippen LogP contribution in [0.3, 0.4) is 0 Å². The Balaban J connectivity index is 2.02. The number of unbranched alkanes of at least 4 members (excludes halogenated alkanes) is 2. The Bertz CT molecular complexity index is 473. The molecule has 0 fully saturated rings. The van der Waals surface area contributed by atoms with Crippen molar-refractivity contribution < 1.29 is 5.11 Å². The summed E-state index contributed by atoms with van der Waals surface area (Å²) < 4.78 is 0. The van der Waals surface area contributed by atoms with Gasteiger partial charge in [0.2, 0.25) is 0 Å². The SMILES string of the molecule is CCCCCC(O)c1ccc(-c2ccccc2)cc1. The van der Waals surface area contributed by atoms with E-state index in [1.807, 2.05) is 30.3 Å². The van der Waals surface area contributed by atoms with E-state index in [1.54, 1.807) is 0 Å². The molecular formula is C18H22O. The fourth-order valence-electron chi connectivity index (χ4n) is 2.28. The molecule has 0 aliphatic heterocycles. The standard InChI is InChI=1S/C18H22O/c1-2-3-5-10-18(19)17-13-11-16(12-14-17)15-8-6-4-7-9-15/h4,6-9,11-14,18-19H,2-3,5,10H2,1H3. The van der Waals surface area contributed by atoms with Gasteiger partial charge in [-0.15, -0.1) is 0 Å². The lowest BCUT2D eigenvalue weighted by Gasteiger charge is -2.11. The monoisotopic (exact) mass is 254 g/mol. The molecule has 1 atom stereocenters. The van der Waals surface area contributed by atoms with Gasteiger partial charge in [0.05, 0.1) is 6.10 Å². The van der Waals surface area contributed by atoms with Crippen LogP contribution in [-0.4, -0.2) is 5.11 Å². The van der Waals surface area contributed by atoms with Crippen molar-refractivity contribution in [3.05, 3.63) is 60.2 Å². The Kier molecular flexibility index (Phi) is 5.17. The fourth-order valence-corrected chi connectivity index (χ4v) is 2.28. The molecule has 0 heterocycles. The van der Waals surface area contributed by atoms with E-state index in [0.29, 0.717) is 0 Å². The number of benzene rings is 2. The molecule has 0 radical (unpaired) electrons. The zero-order chi connectivity index (χ0) is 13.5. The van der Waals surface area contributed by atoms with Gasteiger partial charge in [0, 0.05) is 0 Å². The molecule has 0 spiro atoms. The predicted molar refractivity (Wildman–Crippen MR) is 81.0 cm³/mol. The number of aliphatic hydroxyl groups excluding tert-OH is 1. The summed E-state index contributed by atoms with van der Waals surface area (Å²) in [5, 5.41) is 10.1. The molecule has 2 aromatic carbocycles. The van der Waals surface area contributed by atoms with Crippen LogP contribution >= 0.6 is 0 Å². The van der Waals surface area contributed by atoms with E-state index in [2.05, 4.69) is 31.2 Å². The summed E-state index contributed by atoms with van der Waals surface area (Å²) >= 11 is 0. The highest BCUT2D eigenvalue weighted by atomic mass is 16.3. The van der Waals surface area contributed by atoms with Crippen LogP contribution < -0.4 is 0 Å². The molecule has 0 saturated carbocycles. The van der Waals surface area contributed by atoms with Crippen molar-refractivity contribution in [2.45, 2.75) is 38.7 Å². The molecule has 1 N–H and O–H groups in total. The molecule has 19 heavy (non-hydrogen) atoms. The topological polar surface area (TPSA) is 20.2 Å². The van der Waals surface area contributed by atoms with Gasteiger partial charge in [0.25, 0.3) is 0 Å². The van der Waals surface area contributed by atoms with Crippen molar-refractivity contribution in [3.8, 4) is 11.1 Å². The van der Waals surface area contributed by atoms with Gasteiger partial charge >= 0.3 is 0 Å². The number of hydrogen-bond acceptors (Lipinski definition) is 1. The molecule has 2 aromatic rings. The quantitative estimate of drug-likeness (QED) is 0.722. The molecule has 1 heteroatoms. The summed E-state index contributed by atoms with van der Waals surface area (Å²) in [6, 6.07) is 18.6. The molecule has 0 aromatic heterocycles. The molecule has 0 bridgehead atoms. The van der Waals surface area contributed by atoms with Crippen molar-refractivity contribution in [2.75, 3.05) is 0 Å². The second-order valence-corrected chi connectivity index (χ2v) is 5.00. The number of hydrogen-bond donors (Lipinski definition) is 1. The molecule has 100 valence electrons. The molecular weight excluding hydrogens is 232 g/mol. The zero-order valence-electron chi connectivity index (χ0n) is 11.5. The normalized spacial score (nSPS) is 12.3. The molecule has 1 nitrogen and oxygen atoms in total. The second-order valence-electron chi connectivity index (χ2n) is 5.00. The van der Waals surface area contributed by atoms with Crippen LogP contribution in [0, 0.1) is 0 Å². The Hall–Kier alpha value is -1.60. The maximum Gasteiger partial charge on any atom is 0.0790 e. The smallest absolute Gasteiger partial charge is 0.0790 e. The van der Waals surface area contributed by atoms with E-state index >= 15 is 0 Å². The third kappa shape index (κ3) is 3.93. The molecule has 0 amide bonds. The fraction of sp³-hybridized carbons (Fsp3) is 0.333. The molecule has 0 saturated heterocycles. The van der Waals surface area contributed by atoms with Gasteiger partial charge in [-0.2, -0.15) is 0 Å². The van der Waals surface area contributed by atoms with Gasteiger partial charge in [-0.3, -0.25) is 0 Å². The lowest BCUT2D eigenvalue weighted by atomic mass is 9.99. The van der Waals surface area contributed by atoms with Gasteiger partial charge in [0.1, 0.15) is 0 Å². The van der Waals surface area contributed by atoms with Gasteiger partial charge in [-0.25, -0.2) is 0 Å². The summed E-state index contributed by atoms with van der Waals surface area (Å²) in [7, 11) is 0. The number of rotatable bonds is 6. The maximum atomic E-state index is 10.1. The van der Waals surface area contributed by atoms with Gasteiger partial charge in [-0.05, 0) is 23.1 Å². The lowest BCUT2D eigenvalue weighted by molar-refractivity contribution is 0.163. The summed E-state index contributed by atoms with van der Waals surface area (Å²) in [4.78, 5) is 0. The molecule has 0 aliphatic rings. The highest BCUT2D eigenvalue weighted by Gasteiger charge is 2.07. The minimum Gasteiger partial charge on any atom is -0.388 e. The Morgan fingerprint density at radius 3 is 2.11 bits per heavy atom. The maximum absolute atomic E-state index is 10.1. The van der Waals surface area contributed by atoms with Crippen molar-refractivity contribution >= 4 is 0 Å². The van der Waals surface area contributed by atoms with Gasteiger partial charge in [-0.1, -0.05) is 80.8 Å². The summed E-state index contributed by atoms with van der Waals surface area (Å²) in [5.41, 5.74) is 3.44. The minimum atomic E-state index is -0.323. The van der Waals surface area contributed by atoms with E-state index in [0.717, 1.165) is 18.4 Å². The third-order valence-electron chi connectivity index (χ3n) is 3.48. The average Bonchev–Trinajstić information content (AvgIpc) is 2.48. The molecule has 1 unspecified atom stereocenters. The highest BCUT2D eigenvalue weighted by molar-refractivity contribution is 5.63. The summed E-state index contributed by atoms with van der Waals surface area (Å²) in [5.74, 6) is 0. The average molecular weight is 254 g/mol. The first kappa shape index (κ1) is 13.8. The van der Waals surface area contributed by atoms with Crippen LogP contribution in [0.1, 0.15) is 44.3 Å². The first-order valence-corrected chi connectivity index (χ1v) is 7.14. The first-order valence-electron chi connectivity index (χ1n) is 7.14. The lowest BCUT2D eigenvalue weighted by Crippen LogP contribution is -1.97. The van der Waals surface area contributed by atoms with E-state index in [1.165, 1.54) is 24.0 Å². The number of aliphatic hydroxyl groups is 1. The van der Waals surface area contributed by atoms with E-state index in [-0.39, 0.29) is 6.10 Å². The van der Waals surface area contributed by atoms with Crippen LogP contribution in [0.2, 0.25) is 0 Å². The van der Waals surface area contributed by atoms with Crippen molar-refractivity contribution in [3.63, 3.8) is 0 Å². The molecule has 0 aliphatic carbocycles. The van der Waals surface area contributed by atoms with Gasteiger partial charge in [0.15, 0.2) is 0 Å². The summed E-state index contributed by atoms with van der Waals surface area (Å²) in [6.45, 7) is 2.18. The zero-order valence-corrected chi connectivity index (χ0v) is 11.5. The van der Waals surface area contributed by atoms with Gasteiger partial charge < -0.3 is 5.11 Å². The van der Waals surface area contributed by atoms with E-state index in [9.17, 15) is 5.11 Å². The second kappa shape index (κ2) is 7.10. The van der Waals surface area contributed by atoms with Crippen LogP contribution in [-0.2, 0) is 0 Å². The Morgan fingerprint density at radius 2 is 1.47 bits per heavy atom. The van der Waals surface area contributed by atoms with Crippen LogP contribution in [0.15, 0.2) is 54.6 Å². The highest BCUT2D eigenvalue weighted by Crippen LogP contribution is 2.24. The Morgan fingerprint density at radius 1 is 0.842 bits per heavy atom.